The van der Waals surface area contributed by atoms with Gasteiger partial charge in [0.1, 0.15) is 5.75 Å². The van der Waals surface area contributed by atoms with Crippen LogP contribution in [0.15, 0.2) is 30.5 Å². The van der Waals surface area contributed by atoms with E-state index in [9.17, 15) is 0 Å². The van der Waals surface area contributed by atoms with Gasteiger partial charge in [0, 0.05) is 18.9 Å². The number of hydrogen-bond acceptors (Lipinski definition) is 3. The molecule has 120 valence electrons. The fourth-order valence-electron chi connectivity index (χ4n) is 1.93. The van der Waals surface area contributed by atoms with Crippen LogP contribution in [0.4, 0.5) is 11.4 Å². The van der Waals surface area contributed by atoms with E-state index < -0.39 is 8.32 Å². The van der Waals surface area contributed by atoms with Gasteiger partial charge in [-0.1, -0.05) is 20.8 Å². The molecule has 1 heterocycles. The first-order chi connectivity index (χ1) is 10.1. The van der Waals surface area contributed by atoms with E-state index in [0.717, 1.165) is 22.8 Å². The van der Waals surface area contributed by atoms with Crippen LogP contribution in [0.3, 0.4) is 0 Å². The Morgan fingerprint density at radius 3 is 2.18 bits per heavy atom. The average Bonchev–Trinajstić information content (AvgIpc) is 2.68. The molecular weight excluding hydrogens is 290 g/mol. The maximum atomic E-state index is 6.29. The fraction of sp³-hybridized carbons (Fsp3) is 0.471. The van der Waals surface area contributed by atoms with Crippen molar-refractivity contribution in [1.82, 2.24) is 9.78 Å². The normalized spacial score (nSPS) is 12.3. The molecule has 0 atom stereocenters. The number of rotatable bonds is 4. The van der Waals surface area contributed by atoms with Crippen molar-refractivity contribution < 1.29 is 4.43 Å². The molecule has 0 fully saturated rings. The minimum absolute atomic E-state index is 0.205. The quantitative estimate of drug-likeness (QED) is 0.819. The van der Waals surface area contributed by atoms with Gasteiger partial charge in [-0.25, -0.2) is 0 Å². The van der Waals surface area contributed by atoms with Crippen molar-refractivity contribution in [2.24, 2.45) is 7.05 Å². The minimum atomic E-state index is -1.78. The third-order valence-corrected chi connectivity index (χ3v) is 8.68. The van der Waals surface area contributed by atoms with Crippen LogP contribution < -0.4 is 9.74 Å². The summed E-state index contributed by atoms with van der Waals surface area (Å²) in [6.07, 6.45) is 1.98. The molecule has 5 heteroatoms. The Labute approximate surface area is 134 Å². The Kier molecular flexibility index (Phi) is 4.38. The van der Waals surface area contributed by atoms with Gasteiger partial charge in [0.25, 0.3) is 0 Å². The van der Waals surface area contributed by atoms with Crippen LogP contribution in [0.5, 0.6) is 5.75 Å². The average molecular weight is 318 g/mol. The molecular formula is C17H27N3OSi. The van der Waals surface area contributed by atoms with E-state index in [1.807, 2.05) is 37.0 Å². The number of benzene rings is 1. The zero-order chi connectivity index (χ0) is 16.5. The number of aromatic nitrogens is 2. The highest BCUT2D eigenvalue weighted by Crippen LogP contribution is 2.37. The molecule has 0 aliphatic heterocycles. The van der Waals surface area contributed by atoms with Gasteiger partial charge in [-0.05, 0) is 49.3 Å². The number of nitrogens with one attached hydrogen (secondary N) is 1. The summed E-state index contributed by atoms with van der Waals surface area (Å²) in [6.45, 7) is 13.3. The van der Waals surface area contributed by atoms with Gasteiger partial charge in [-0.3, -0.25) is 4.68 Å². The third-order valence-electron chi connectivity index (χ3n) is 4.33. The van der Waals surface area contributed by atoms with E-state index in [4.69, 9.17) is 4.43 Å². The van der Waals surface area contributed by atoms with Gasteiger partial charge >= 0.3 is 0 Å². The summed E-state index contributed by atoms with van der Waals surface area (Å²) < 4.78 is 8.11. The largest absolute Gasteiger partial charge is 0.544 e. The smallest absolute Gasteiger partial charge is 0.250 e. The summed E-state index contributed by atoms with van der Waals surface area (Å²) in [6, 6.07) is 8.17. The Morgan fingerprint density at radius 2 is 1.73 bits per heavy atom. The van der Waals surface area contributed by atoms with Crippen LogP contribution in [0.2, 0.25) is 18.1 Å². The molecule has 0 radical (unpaired) electrons. The van der Waals surface area contributed by atoms with Crippen molar-refractivity contribution in [3.8, 4) is 5.75 Å². The Balaban J connectivity index is 2.09. The van der Waals surface area contributed by atoms with E-state index in [1.165, 1.54) is 0 Å². The lowest BCUT2D eigenvalue weighted by atomic mass is 10.2. The molecule has 0 amide bonds. The SMILES string of the molecule is Cc1nn(C)cc1Nc1ccc(O[Si](C)(C)C(C)(C)C)cc1. The summed E-state index contributed by atoms with van der Waals surface area (Å²) in [7, 11) is 0.148. The predicted octanol–water partition coefficient (Wildman–Crippen LogP) is 4.86. The summed E-state index contributed by atoms with van der Waals surface area (Å²) in [4.78, 5) is 0. The highest BCUT2D eigenvalue weighted by atomic mass is 28.4. The number of nitrogens with zero attached hydrogens (tertiary/aromatic N) is 2. The third kappa shape index (κ3) is 3.71. The first-order valence-corrected chi connectivity index (χ1v) is 10.6. The molecule has 1 aromatic carbocycles. The monoisotopic (exact) mass is 317 g/mol. The van der Waals surface area contributed by atoms with Gasteiger partial charge < -0.3 is 9.74 Å². The van der Waals surface area contributed by atoms with Crippen LogP contribution in [-0.4, -0.2) is 18.1 Å². The second-order valence-corrected chi connectivity index (χ2v) is 12.0. The van der Waals surface area contributed by atoms with E-state index in [-0.39, 0.29) is 5.04 Å². The molecule has 2 aromatic rings. The molecule has 0 bridgehead atoms. The highest BCUT2D eigenvalue weighted by molar-refractivity contribution is 6.74. The maximum Gasteiger partial charge on any atom is 0.250 e. The lowest BCUT2D eigenvalue weighted by Gasteiger charge is -2.36. The zero-order valence-corrected chi connectivity index (χ0v) is 15.7. The molecule has 2 rings (SSSR count). The molecule has 0 saturated carbocycles. The number of hydrogen-bond donors (Lipinski definition) is 1. The van der Waals surface area contributed by atoms with Gasteiger partial charge in [-0.2, -0.15) is 5.10 Å². The van der Waals surface area contributed by atoms with E-state index >= 15 is 0 Å². The predicted molar refractivity (Wildman–Crippen MR) is 95.5 cm³/mol. The molecule has 0 aliphatic rings. The molecule has 1 N–H and O–H groups in total. The lowest BCUT2D eigenvalue weighted by Crippen LogP contribution is -2.43. The molecule has 22 heavy (non-hydrogen) atoms. The molecule has 0 unspecified atom stereocenters. The summed E-state index contributed by atoms with van der Waals surface area (Å²) >= 11 is 0. The fourth-order valence-corrected chi connectivity index (χ4v) is 2.96. The molecule has 4 nitrogen and oxygen atoms in total. The standard InChI is InChI=1S/C17H27N3OSi/c1-13-16(12-20(5)19-13)18-14-8-10-15(11-9-14)21-22(6,7)17(2,3)4/h8-12,18H,1-7H3. The minimum Gasteiger partial charge on any atom is -0.544 e. The Hall–Kier alpha value is -1.75. The van der Waals surface area contributed by atoms with Gasteiger partial charge in [0.05, 0.1) is 11.4 Å². The van der Waals surface area contributed by atoms with E-state index in [1.54, 1.807) is 0 Å². The molecule has 0 saturated heterocycles. The highest BCUT2D eigenvalue weighted by Gasteiger charge is 2.38. The van der Waals surface area contributed by atoms with Crippen LogP contribution in [0.1, 0.15) is 26.5 Å². The van der Waals surface area contributed by atoms with Crippen molar-refractivity contribution in [3.05, 3.63) is 36.2 Å². The first-order valence-electron chi connectivity index (χ1n) is 7.65. The lowest BCUT2D eigenvalue weighted by molar-refractivity contribution is 0.492. The van der Waals surface area contributed by atoms with Crippen molar-refractivity contribution in [1.29, 1.82) is 0 Å². The second-order valence-electron chi connectivity index (χ2n) is 7.31. The van der Waals surface area contributed by atoms with Crippen LogP contribution in [0.25, 0.3) is 0 Å². The van der Waals surface area contributed by atoms with Crippen molar-refractivity contribution in [2.75, 3.05) is 5.32 Å². The summed E-state index contributed by atoms with van der Waals surface area (Å²) in [5, 5.41) is 7.93. The Bertz CT molecular complexity index is 639. The van der Waals surface area contributed by atoms with Gasteiger partial charge in [0.2, 0.25) is 8.32 Å². The maximum absolute atomic E-state index is 6.29. The van der Waals surface area contributed by atoms with Gasteiger partial charge in [0.15, 0.2) is 0 Å². The first kappa shape index (κ1) is 16.6. The van der Waals surface area contributed by atoms with Crippen molar-refractivity contribution >= 4 is 19.7 Å². The van der Waals surface area contributed by atoms with Crippen LogP contribution >= 0.6 is 0 Å². The molecule has 0 aliphatic carbocycles. The second kappa shape index (κ2) is 5.80. The Morgan fingerprint density at radius 1 is 1.14 bits per heavy atom. The van der Waals surface area contributed by atoms with Crippen molar-refractivity contribution in [2.45, 2.75) is 45.8 Å². The summed E-state index contributed by atoms with van der Waals surface area (Å²) in [5.41, 5.74) is 3.06. The number of aryl methyl sites for hydroxylation is 2. The van der Waals surface area contributed by atoms with E-state index in [0.29, 0.717) is 0 Å². The van der Waals surface area contributed by atoms with Crippen LogP contribution in [-0.2, 0) is 7.05 Å². The van der Waals surface area contributed by atoms with Gasteiger partial charge in [-0.15, -0.1) is 0 Å². The number of anilines is 2. The molecule has 0 spiro atoms. The molecule has 1 aromatic heterocycles. The van der Waals surface area contributed by atoms with E-state index in [2.05, 4.69) is 56.4 Å². The summed E-state index contributed by atoms with van der Waals surface area (Å²) in [5.74, 6) is 0.944. The van der Waals surface area contributed by atoms with Crippen LogP contribution in [0, 0.1) is 6.92 Å². The zero-order valence-electron chi connectivity index (χ0n) is 14.7. The topological polar surface area (TPSA) is 39.1 Å². The van der Waals surface area contributed by atoms with Crippen molar-refractivity contribution in [3.63, 3.8) is 0 Å².